The van der Waals surface area contributed by atoms with Gasteiger partial charge in [-0.25, -0.2) is 0 Å². The fourth-order valence-electron chi connectivity index (χ4n) is 4.21. The van der Waals surface area contributed by atoms with Crippen molar-refractivity contribution in [3.8, 4) is 11.5 Å². The Morgan fingerprint density at radius 3 is 2.62 bits per heavy atom. The Kier molecular flexibility index (Phi) is 7.90. The number of methoxy groups -OCH3 is 1. The lowest BCUT2D eigenvalue weighted by atomic mass is 10.00. The molecule has 8 heteroatoms. The maximum absolute atomic E-state index is 13.6. The number of rotatable bonds is 9. The van der Waals surface area contributed by atoms with Crippen LogP contribution in [0.5, 0.6) is 11.5 Å². The predicted molar refractivity (Wildman–Crippen MR) is 136 cm³/mol. The summed E-state index contributed by atoms with van der Waals surface area (Å²) >= 11 is 3.12. The topological polar surface area (TPSA) is 59.1 Å². The zero-order valence-corrected chi connectivity index (χ0v) is 21.4. The molecule has 4 rings (SSSR count). The van der Waals surface area contributed by atoms with E-state index in [4.69, 9.17) is 9.47 Å². The van der Waals surface area contributed by atoms with Gasteiger partial charge in [0.1, 0.15) is 13.2 Å². The Morgan fingerprint density at radius 2 is 1.91 bits per heavy atom. The Hall–Kier alpha value is -2.84. The first-order valence-electron chi connectivity index (χ1n) is 11.5. The predicted octanol–water partition coefficient (Wildman–Crippen LogP) is 5.26. The molecule has 0 saturated carbocycles. The third-order valence-corrected chi connectivity index (χ3v) is 8.16. The lowest BCUT2D eigenvalue weighted by molar-refractivity contribution is -0.136. The largest absolute Gasteiger partial charge is 0.493 e. The molecule has 0 unspecified atom stereocenters. The maximum atomic E-state index is 13.6. The van der Waals surface area contributed by atoms with Crippen molar-refractivity contribution in [1.29, 1.82) is 0 Å². The summed E-state index contributed by atoms with van der Waals surface area (Å²) in [6.07, 6.45) is 1.59. The molecule has 2 aromatic heterocycles. The Balaban J connectivity index is 1.55. The molecule has 6 nitrogen and oxygen atoms in total. The average Bonchev–Trinajstić information content (AvgIpc) is 3.57. The van der Waals surface area contributed by atoms with Crippen LogP contribution in [0.3, 0.4) is 0 Å². The number of benzene rings is 1. The van der Waals surface area contributed by atoms with Crippen molar-refractivity contribution in [1.82, 2.24) is 9.80 Å². The Labute approximate surface area is 208 Å². The van der Waals surface area contributed by atoms with Crippen molar-refractivity contribution in [3.63, 3.8) is 0 Å². The highest BCUT2D eigenvalue weighted by Crippen LogP contribution is 2.35. The van der Waals surface area contributed by atoms with E-state index in [1.807, 2.05) is 60.5 Å². The molecule has 0 N–H and O–H groups in total. The van der Waals surface area contributed by atoms with Gasteiger partial charge in [0.15, 0.2) is 11.5 Å². The molecule has 2 amide bonds. The summed E-state index contributed by atoms with van der Waals surface area (Å²) in [4.78, 5) is 32.3. The minimum atomic E-state index is -0.219. The molecule has 0 aliphatic carbocycles. The molecule has 0 spiro atoms. The van der Waals surface area contributed by atoms with Crippen LogP contribution in [0.25, 0.3) is 0 Å². The zero-order chi connectivity index (χ0) is 24.1. The number of ether oxygens (including phenoxy) is 2. The molecule has 1 aliphatic heterocycles. The van der Waals surface area contributed by atoms with E-state index in [2.05, 4.69) is 11.4 Å². The van der Waals surface area contributed by atoms with E-state index in [1.54, 1.807) is 23.3 Å². The molecular formula is C26H30N2O4S2. The van der Waals surface area contributed by atoms with E-state index < -0.39 is 0 Å². The Bertz CT molecular complexity index is 1110. The second-order valence-corrected chi connectivity index (χ2v) is 10.2. The van der Waals surface area contributed by atoms with Gasteiger partial charge in [-0.15, -0.1) is 22.7 Å². The molecule has 180 valence electrons. The van der Waals surface area contributed by atoms with Crippen LogP contribution >= 0.6 is 22.7 Å². The van der Waals surface area contributed by atoms with Crippen LogP contribution in [0.15, 0.2) is 53.2 Å². The van der Waals surface area contributed by atoms with Crippen molar-refractivity contribution >= 4 is 34.5 Å². The summed E-state index contributed by atoms with van der Waals surface area (Å²) in [5.41, 5.74) is 1.12. The normalized spacial score (nSPS) is 16.0. The summed E-state index contributed by atoms with van der Waals surface area (Å²) in [6, 6.07) is 13.0. The number of carbonyl (C=O) groups is 2. The number of hydrogen-bond donors (Lipinski definition) is 0. The number of hydrogen-bond acceptors (Lipinski definition) is 6. The van der Waals surface area contributed by atoms with E-state index in [9.17, 15) is 9.59 Å². The molecule has 1 aliphatic rings. The monoisotopic (exact) mass is 498 g/mol. The van der Waals surface area contributed by atoms with Gasteiger partial charge < -0.3 is 19.3 Å². The van der Waals surface area contributed by atoms with Crippen LogP contribution in [0, 0.1) is 0 Å². The summed E-state index contributed by atoms with van der Waals surface area (Å²) in [6.45, 7) is 5.00. The molecule has 3 heterocycles. The van der Waals surface area contributed by atoms with Gasteiger partial charge in [-0.05, 0) is 60.4 Å². The second kappa shape index (κ2) is 11.1. The average molecular weight is 499 g/mol. The molecular weight excluding hydrogens is 468 g/mol. The number of fused-ring (bicyclic) bond motifs is 1. The smallest absolute Gasteiger partial charge is 0.264 e. The number of nitrogens with zero attached hydrogens (tertiary/aromatic N) is 2. The minimum absolute atomic E-state index is 0.0386. The molecule has 2 atom stereocenters. The first-order valence-corrected chi connectivity index (χ1v) is 13.2. The molecule has 3 aromatic rings. The second-order valence-electron chi connectivity index (χ2n) is 8.28. The van der Waals surface area contributed by atoms with Crippen LogP contribution in [0.1, 0.15) is 46.4 Å². The number of carbonyl (C=O) groups excluding carboxylic acids is 2. The lowest BCUT2D eigenvalue weighted by Gasteiger charge is -2.38. The summed E-state index contributed by atoms with van der Waals surface area (Å²) in [5.74, 6) is 1.16. The molecule has 0 radical (unpaired) electrons. The quantitative estimate of drug-likeness (QED) is 0.404. The fraction of sp³-hybridized carbons (Fsp3) is 0.385. The van der Waals surface area contributed by atoms with Gasteiger partial charge >= 0.3 is 0 Å². The number of thiophene rings is 2. The fourth-order valence-corrected chi connectivity index (χ4v) is 5.82. The first-order chi connectivity index (χ1) is 16.5. The van der Waals surface area contributed by atoms with E-state index in [-0.39, 0.29) is 30.4 Å². The van der Waals surface area contributed by atoms with Gasteiger partial charge in [0.25, 0.3) is 5.91 Å². The van der Waals surface area contributed by atoms with Crippen LogP contribution in [0.4, 0.5) is 0 Å². The third-order valence-electron chi connectivity index (χ3n) is 6.30. The lowest BCUT2D eigenvalue weighted by Crippen LogP contribution is -2.49. The minimum Gasteiger partial charge on any atom is -0.493 e. The third kappa shape index (κ3) is 5.13. The highest BCUT2D eigenvalue weighted by molar-refractivity contribution is 7.12. The first kappa shape index (κ1) is 24.3. The summed E-state index contributed by atoms with van der Waals surface area (Å²) < 4.78 is 11.6. The molecule has 0 bridgehead atoms. The Morgan fingerprint density at radius 1 is 1.12 bits per heavy atom. The van der Waals surface area contributed by atoms with E-state index in [0.717, 1.165) is 18.4 Å². The van der Waals surface area contributed by atoms with E-state index in [1.165, 1.54) is 16.2 Å². The molecule has 0 fully saturated rings. The molecule has 1 aromatic carbocycles. The maximum Gasteiger partial charge on any atom is 0.264 e. The van der Waals surface area contributed by atoms with Crippen LogP contribution in [-0.2, 0) is 11.2 Å². The van der Waals surface area contributed by atoms with Crippen LogP contribution < -0.4 is 9.47 Å². The van der Waals surface area contributed by atoms with Crippen molar-refractivity contribution < 1.29 is 19.1 Å². The van der Waals surface area contributed by atoms with Crippen molar-refractivity contribution in [2.45, 2.75) is 38.8 Å². The van der Waals surface area contributed by atoms with Gasteiger partial charge in [0.05, 0.1) is 18.0 Å². The van der Waals surface area contributed by atoms with Gasteiger partial charge in [0.2, 0.25) is 5.91 Å². The number of para-hydroxylation sites is 2. The van der Waals surface area contributed by atoms with Gasteiger partial charge in [-0.3, -0.25) is 9.59 Å². The standard InChI is InChI=1S/C26H30N2O4S2/c1-4-18(2)28(26(30)24-10-7-14-33-24)16-25(29)27-13-11-23-19(12-15-34-23)20(27)17-32-22-9-6-5-8-21(22)31-3/h5-10,12,14-15,18,20H,4,11,13,16-17H2,1-3H3/t18-,20-/m0/s1. The van der Waals surface area contributed by atoms with Gasteiger partial charge in [-0.1, -0.05) is 25.1 Å². The molecule has 34 heavy (non-hydrogen) atoms. The number of amides is 2. The van der Waals surface area contributed by atoms with Crippen LogP contribution in [0.2, 0.25) is 0 Å². The van der Waals surface area contributed by atoms with Crippen molar-refractivity contribution in [2.24, 2.45) is 0 Å². The van der Waals surface area contributed by atoms with E-state index in [0.29, 0.717) is 29.5 Å². The van der Waals surface area contributed by atoms with Gasteiger partial charge in [0, 0.05) is 17.5 Å². The van der Waals surface area contributed by atoms with Crippen LogP contribution in [-0.4, -0.2) is 54.5 Å². The van der Waals surface area contributed by atoms with Crippen molar-refractivity contribution in [3.05, 3.63) is 68.5 Å². The van der Waals surface area contributed by atoms with Crippen molar-refractivity contribution in [2.75, 3.05) is 26.8 Å². The SMILES string of the molecule is CC[C@H](C)N(CC(=O)N1CCc2sccc2[C@@H]1COc1ccccc1OC)C(=O)c1cccs1. The zero-order valence-electron chi connectivity index (χ0n) is 19.7. The molecule has 0 saturated heterocycles. The summed E-state index contributed by atoms with van der Waals surface area (Å²) in [5, 5.41) is 3.96. The van der Waals surface area contributed by atoms with Gasteiger partial charge in [-0.2, -0.15) is 0 Å². The highest BCUT2D eigenvalue weighted by Gasteiger charge is 2.34. The summed E-state index contributed by atoms with van der Waals surface area (Å²) in [7, 11) is 1.61. The van der Waals surface area contributed by atoms with E-state index >= 15 is 0 Å². The highest BCUT2D eigenvalue weighted by atomic mass is 32.1.